The van der Waals surface area contributed by atoms with E-state index in [0.717, 1.165) is 11.1 Å². The highest BCUT2D eigenvalue weighted by Crippen LogP contribution is 2.35. The second-order valence-electron chi connectivity index (χ2n) is 9.51. The van der Waals surface area contributed by atoms with Crippen LogP contribution >= 0.6 is 11.6 Å². The van der Waals surface area contributed by atoms with Crippen molar-refractivity contribution in [3.05, 3.63) is 125 Å². The largest absolute Gasteiger partial charge is 0.348 e. The molecule has 41 heavy (non-hydrogen) atoms. The van der Waals surface area contributed by atoms with Gasteiger partial charge in [-0.15, -0.1) is 0 Å². The number of aromatic nitrogens is 3. The molecule has 0 aliphatic carbocycles. The summed E-state index contributed by atoms with van der Waals surface area (Å²) in [5, 5.41) is 3.43. The quantitative estimate of drug-likeness (QED) is 0.231. The maximum absolute atomic E-state index is 13.9. The van der Waals surface area contributed by atoms with E-state index < -0.39 is 15.9 Å². The highest BCUT2D eigenvalue weighted by molar-refractivity contribution is 7.92. The first-order valence-electron chi connectivity index (χ1n) is 12.8. The standard InChI is InChI=1S/C31H24ClN5O3S/c1-20-11-17-24(18-12-20)41(39,40)36-29-27(31(38)33-19-21-7-3-2-4-8-21)28-30(35-26-10-6-5-9-25(26)34-28)37(29)23-15-13-22(32)14-16-23/h2-18,36H,19H2,1H3,(H,33,38). The minimum absolute atomic E-state index is 0.0174. The van der Waals surface area contributed by atoms with Crippen LogP contribution in [0, 0.1) is 6.92 Å². The van der Waals surface area contributed by atoms with Gasteiger partial charge < -0.3 is 5.32 Å². The van der Waals surface area contributed by atoms with E-state index in [1.807, 2.05) is 55.5 Å². The van der Waals surface area contributed by atoms with E-state index in [1.165, 1.54) is 12.1 Å². The highest BCUT2D eigenvalue weighted by Gasteiger charge is 2.29. The van der Waals surface area contributed by atoms with Gasteiger partial charge in [0.2, 0.25) is 0 Å². The molecule has 6 aromatic rings. The zero-order valence-electron chi connectivity index (χ0n) is 21.9. The molecule has 10 heteroatoms. The van der Waals surface area contributed by atoms with Crippen molar-refractivity contribution >= 4 is 55.5 Å². The third-order valence-electron chi connectivity index (χ3n) is 6.63. The number of rotatable bonds is 7. The number of nitrogens with zero attached hydrogens (tertiary/aromatic N) is 3. The number of nitrogens with one attached hydrogen (secondary N) is 2. The number of carbonyl (C=O) groups excluding carboxylic acids is 1. The fraction of sp³-hybridized carbons (Fsp3) is 0.0645. The number of sulfonamides is 1. The van der Waals surface area contributed by atoms with Crippen LogP contribution in [0.2, 0.25) is 5.02 Å². The number of benzene rings is 4. The predicted octanol–water partition coefficient (Wildman–Crippen LogP) is 6.27. The van der Waals surface area contributed by atoms with Crippen LogP contribution < -0.4 is 10.0 Å². The van der Waals surface area contributed by atoms with Gasteiger partial charge in [0.05, 0.1) is 15.9 Å². The normalized spacial score (nSPS) is 11.6. The lowest BCUT2D eigenvalue weighted by Crippen LogP contribution is -2.25. The van der Waals surface area contributed by atoms with E-state index in [4.69, 9.17) is 21.6 Å². The van der Waals surface area contributed by atoms with Crippen molar-refractivity contribution in [2.45, 2.75) is 18.4 Å². The van der Waals surface area contributed by atoms with Gasteiger partial charge in [-0.1, -0.05) is 71.8 Å². The van der Waals surface area contributed by atoms with Crippen LogP contribution in [0.4, 0.5) is 5.82 Å². The Hall–Kier alpha value is -4.73. The van der Waals surface area contributed by atoms with E-state index in [1.54, 1.807) is 47.0 Å². The second-order valence-corrected chi connectivity index (χ2v) is 11.6. The Morgan fingerprint density at radius 2 is 1.46 bits per heavy atom. The summed E-state index contributed by atoms with van der Waals surface area (Å²) in [6.07, 6.45) is 0. The molecule has 0 aliphatic rings. The predicted molar refractivity (Wildman–Crippen MR) is 161 cm³/mol. The number of aryl methyl sites for hydroxylation is 1. The van der Waals surface area contributed by atoms with E-state index in [0.29, 0.717) is 27.4 Å². The molecule has 0 bridgehead atoms. The number of para-hydroxylation sites is 2. The number of hydrogen-bond acceptors (Lipinski definition) is 5. The van der Waals surface area contributed by atoms with Crippen molar-refractivity contribution in [3.63, 3.8) is 0 Å². The number of amides is 1. The lowest BCUT2D eigenvalue weighted by molar-refractivity contribution is 0.0953. The number of hydrogen-bond donors (Lipinski definition) is 2. The molecule has 2 N–H and O–H groups in total. The molecule has 6 rings (SSSR count). The molecule has 1 amide bonds. The van der Waals surface area contributed by atoms with Gasteiger partial charge in [0.25, 0.3) is 15.9 Å². The number of fused-ring (bicyclic) bond motifs is 2. The fourth-order valence-corrected chi connectivity index (χ4v) is 5.75. The van der Waals surface area contributed by atoms with Crippen LogP contribution in [0.25, 0.3) is 27.9 Å². The summed E-state index contributed by atoms with van der Waals surface area (Å²) in [5.41, 5.74) is 4.15. The third-order valence-corrected chi connectivity index (χ3v) is 8.24. The first kappa shape index (κ1) is 26.5. The molecule has 0 saturated heterocycles. The highest BCUT2D eigenvalue weighted by atomic mass is 35.5. The molecular weight excluding hydrogens is 558 g/mol. The van der Waals surface area contributed by atoms with E-state index in [9.17, 15) is 13.2 Å². The summed E-state index contributed by atoms with van der Waals surface area (Å²) in [5.74, 6) is -0.485. The molecule has 0 atom stereocenters. The summed E-state index contributed by atoms with van der Waals surface area (Å²) in [6, 6.07) is 30.0. The topological polar surface area (TPSA) is 106 Å². The number of halogens is 1. The van der Waals surface area contributed by atoms with Gasteiger partial charge in [-0.05, 0) is 61.0 Å². The molecular formula is C31H24ClN5O3S. The Morgan fingerprint density at radius 3 is 2.15 bits per heavy atom. The Balaban J connectivity index is 1.60. The maximum atomic E-state index is 13.9. The van der Waals surface area contributed by atoms with Gasteiger partial charge in [0, 0.05) is 17.3 Å². The lowest BCUT2D eigenvalue weighted by atomic mass is 10.2. The van der Waals surface area contributed by atoms with E-state index in [-0.39, 0.29) is 28.3 Å². The Labute approximate surface area is 241 Å². The molecule has 0 spiro atoms. The van der Waals surface area contributed by atoms with Crippen molar-refractivity contribution < 1.29 is 13.2 Å². The minimum atomic E-state index is -4.12. The Kier molecular flexibility index (Phi) is 6.90. The summed E-state index contributed by atoms with van der Waals surface area (Å²) < 4.78 is 31.7. The van der Waals surface area contributed by atoms with Crippen LogP contribution in [0.15, 0.2) is 108 Å². The Morgan fingerprint density at radius 1 is 0.829 bits per heavy atom. The average molecular weight is 582 g/mol. The molecule has 2 heterocycles. The molecule has 8 nitrogen and oxygen atoms in total. The molecule has 4 aromatic carbocycles. The van der Waals surface area contributed by atoms with Crippen molar-refractivity contribution in [2.24, 2.45) is 0 Å². The molecule has 0 unspecified atom stereocenters. The van der Waals surface area contributed by atoms with Crippen LogP contribution in [-0.4, -0.2) is 28.9 Å². The van der Waals surface area contributed by atoms with Crippen LogP contribution in [-0.2, 0) is 16.6 Å². The van der Waals surface area contributed by atoms with Gasteiger partial charge in [-0.25, -0.2) is 18.4 Å². The second kappa shape index (κ2) is 10.7. The Bertz CT molecular complexity index is 2010. The minimum Gasteiger partial charge on any atom is -0.348 e. The monoisotopic (exact) mass is 581 g/mol. The van der Waals surface area contributed by atoms with Gasteiger partial charge in [-0.3, -0.25) is 14.1 Å². The summed E-state index contributed by atoms with van der Waals surface area (Å²) >= 11 is 6.18. The van der Waals surface area contributed by atoms with E-state index in [2.05, 4.69) is 10.0 Å². The SMILES string of the molecule is Cc1ccc(S(=O)(=O)Nc2c(C(=O)NCc3ccccc3)c3nc4ccccc4nc3n2-c2ccc(Cl)cc2)cc1. The number of carbonyl (C=O) groups is 1. The average Bonchev–Trinajstić information content (AvgIpc) is 3.27. The summed E-state index contributed by atoms with van der Waals surface area (Å²) in [4.78, 5) is 23.6. The molecule has 0 radical (unpaired) electrons. The first-order valence-corrected chi connectivity index (χ1v) is 14.6. The van der Waals surface area contributed by atoms with Crippen molar-refractivity contribution in [1.29, 1.82) is 0 Å². The molecule has 2 aromatic heterocycles. The van der Waals surface area contributed by atoms with Crippen molar-refractivity contribution in [2.75, 3.05) is 4.72 Å². The van der Waals surface area contributed by atoms with Crippen LogP contribution in [0.5, 0.6) is 0 Å². The smallest absolute Gasteiger partial charge is 0.263 e. The molecule has 0 fully saturated rings. The molecule has 0 aliphatic heterocycles. The molecule has 0 saturated carbocycles. The van der Waals surface area contributed by atoms with Gasteiger partial charge in [-0.2, -0.15) is 0 Å². The summed E-state index contributed by atoms with van der Waals surface area (Å²) in [7, 11) is -4.12. The van der Waals surface area contributed by atoms with Gasteiger partial charge in [0.1, 0.15) is 16.9 Å². The first-order chi connectivity index (χ1) is 19.8. The lowest BCUT2D eigenvalue weighted by Gasteiger charge is -2.15. The van der Waals surface area contributed by atoms with Gasteiger partial charge >= 0.3 is 0 Å². The van der Waals surface area contributed by atoms with Crippen molar-refractivity contribution in [3.8, 4) is 5.69 Å². The van der Waals surface area contributed by atoms with Crippen LogP contribution in [0.1, 0.15) is 21.5 Å². The fourth-order valence-electron chi connectivity index (χ4n) is 4.57. The number of anilines is 1. The maximum Gasteiger partial charge on any atom is 0.263 e. The van der Waals surface area contributed by atoms with Crippen molar-refractivity contribution in [1.82, 2.24) is 19.9 Å². The van der Waals surface area contributed by atoms with Crippen LogP contribution in [0.3, 0.4) is 0 Å². The third kappa shape index (κ3) is 5.25. The summed E-state index contributed by atoms with van der Waals surface area (Å²) in [6.45, 7) is 2.11. The van der Waals surface area contributed by atoms with Gasteiger partial charge in [0.15, 0.2) is 5.65 Å². The van der Waals surface area contributed by atoms with E-state index >= 15 is 0 Å². The zero-order chi connectivity index (χ0) is 28.6. The zero-order valence-corrected chi connectivity index (χ0v) is 23.4. The molecule has 204 valence electrons.